The van der Waals surface area contributed by atoms with Crippen molar-refractivity contribution in [1.82, 2.24) is 9.71 Å². The third-order valence-corrected chi connectivity index (χ3v) is 3.65. The van der Waals surface area contributed by atoms with Crippen LogP contribution in [0.15, 0.2) is 18.3 Å². The normalized spacial score (nSPS) is 13.6. The highest BCUT2D eigenvalue weighted by Gasteiger charge is 2.12. The van der Waals surface area contributed by atoms with Crippen molar-refractivity contribution in [3.05, 3.63) is 29.0 Å². The number of hydrogen-bond acceptors (Lipinski definition) is 4. The molecule has 0 fully saturated rings. The van der Waals surface area contributed by atoms with Gasteiger partial charge in [-0.05, 0) is 17.5 Å². The summed E-state index contributed by atoms with van der Waals surface area (Å²) in [6.45, 7) is 1.93. The Bertz CT molecular complexity index is 447. The van der Waals surface area contributed by atoms with Crippen molar-refractivity contribution < 1.29 is 13.5 Å². The number of nitrogens with zero attached hydrogens (tertiary/aromatic N) is 1. The zero-order valence-corrected chi connectivity index (χ0v) is 11.0. The lowest BCUT2D eigenvalue weighted by atomic mass is 10.2. The number of nitrogens with one attached hydrogen (secondary N) is 1. The summed E-state index contributed by atoms with van der Waals surface area (Å²) in [6, 6.07) is 3.16. The SMILES string of the molecule is CC(CO)CNS(=O)(=O)Cc1ccc(Cl)nc1. The van der Waals surface area contributed by atoms with Gasteiger partial charge in [-0.1, -0.05) is 24.6 Å². The van der Waals surface area contributed by atoms with E-state index in [0.717, 1.165) is 0 Å². The minimum Gasteiger partial charge on any atom is -0.396 e. The van der Waals surface area contributed by atoms with Gasteiger partial charge in [0.1, 0.15) is 5.15 Å². The summed E-state index contributed by atoms with van der Waals surface area (Å²) in [4.78, 5) is 3.81. The number of sulfonamides is 1. The molecule has 1 unspecified atom stereocenters. The molecule has 1 aromatic rings. The molecule has 0 aliphatic heterocycles. The molecule has 0 aliphatic carbocycles. The Hall–Kier alpha value is -0.690. The summed E-state index contributed by atoms with van der Waals surface area (Å²) in [6.07, 6.45) is 1.43. The Morgan fingerprint density at radius 1 is 1.53 bits per heavy atom. The summed E-state index contributed by atoms with van der Waals surface area (Å²) in [5.41, 5.74) is 0.568. The zero-order valence-electron chi connectivity index (χ0n) is 9.43. The van der Waals surface area contributed by atoms with E-state index in [0.29, 0.717) is 10.7 Å². The van der Waals surface area contributed by atoms with E-state index in [1.54, 1.807) is 19.1 Å². The van der Waals surface area contributed by atoms with E-state index in [1.165, 1.54) is 6.20 Å². The first-order valence-electron chi connectivity index (χ1n) is 5.11. The first kappa shape index (κ1) is 14.4. The minimum atomic E-state index is -3.40. The molecule has 1 atom stereocenters. The van der Waals surface area contributed by atoms with Gasteiger partial charge >= 0.3 is 0 Å². The average Bonchev–Trinajstić information content (AvgIpc) is 2.29. The fourth-order valence-electron chi connectivity index (χ4n) is 1.10. The summed E-state index contributed by atoms with van der Waals surface area (Å²) in [5, 5.41) is 9.12. The van der Waals surface area contributed by atoms with Crippen molar-refractivity contribution in [2.75, 3.05) is 13.2 Å². The number of pyridine rings is 1. The maximum Gasteiger partial charge on any atom is 0.215 e. The second kappa shape index (κ2) is 6.30. The van der Waals surface area contributed by atoms with Gasteiger partial charge in [-0.25, -0.2) is 18.1 Å². The number of aliphatic hydroxyl groups excluding tert-OH is 1. The lowest BCUT2D eigenvalue weighted by Crippen LogP contribution is -2.30. The summed E-state index contributed by atoms with van der Waals surface area (Å²) in [7, 11) is -3.40. The van der Waals surface area contributed by atoms with E-state index in [2.05, 4.69) is 9.71 Å². The second-order valence-electron chi connectivity index (χ2n) is 3.88. The van der Waals surface area contributed by atoms with E-state index >= 15 is 0 Å². The highest BCUT2D eigenvalue weighted by Crippen LogP contribution is 2.08. The standard InChI is InChI=1S/C10H15ClN2O3S/c1-8(6-14)4-13-17(15,16)7-9-2-3-10(11)12-5-9/h2-3,5,8,13-14H,4,6-7H2,1H3. The maximum atomic E-state index is 11.7. The van der Waals surface area contributed by atoms with Crippen LogP contribution >= 0.6 is 11.6 Å². The monoisotopic (exact) mass is 278 g/mol. The average molecular weight is 279 g/mol. The molecule has 2 N–H and O–H groups in total. The van der Waals surface area contributed by atoms with Crippen LogP contribution in [-0.4, -0.2) is 31.7 Å². The van der Waals surface area contributed by atoms with Crippen LogP contribution < -0.4 is 4.72 Å². The molecular formula is C10H15ClN2O3S. The van der Waals surface area contributed by atoms with Crippen molar-refractivity contribution in [2.24, 2.45) is 5.92 Å². The minimum absolute atomic E-state index is 0.0506. The van der Waals surface area contributed by atoms with Gasteiger partial charge in [-0.3, -0.25) is 0 Å². The van der Waals surface area contributed by atoms with E-state index in [-0.39, 0.29) is 24.8 Å². The fraction of sp³-hybridized carbons (Fsp3) is 0.500. The van der Waals surface area contributed by atoms with Crippen LogP contribution in [0.25, 0.3) is 0 Å². The Kier molecular flexibility index (Phi) is 5.32. The van der Waals surface area contributed by atoms with E-state index in [9.17, 15) is 8.42 Å². The molecule has 0 aliphatic rings. The number of aromatic nitrogens is 1. The van der Waals surface area contributed by atoms with Crippen LogP contribution in [0.1, 0.15) is 12.5 Å². The van der Waals surface area contributed by atoms with Crippen LogP contribution in [0.4, 0.5) is 0 Å². The molecular weight excluding hydrogens is 264 g/mol. The predicted octanol–water partition coefficient (Wildman–Crippen LogP) is 0.783. The summed E-state index contributed by atoms with van der Waals surface area (Å²) in [5.74, 6) is -0.247. The Labute approximate surface area is 106 Å². The van der Waals surface area contributed by atoms with Crippen LogP contribution in [-0.2, 0) is 15.8 Å². The van der Waals surface area contributed by atoms with Crippen LogP contribution in [0.5, 0.6) is 0 Å². The maximum absolute atomic E-state index is 11.7. The topological polar surface area (TPSA) is 79.3 Å². The second-order valence-corrected chi connectivity index (χ2v) is 6.08. The molecule has 1 rings (SSSR count). The van der Waals surface area contributed by atoms with E-state index in [4.69, 9.17) is 16.7 Å². The van der Waals surface area contributed by atoms with Crippen molar-refractivity contribution in [3.63, 3.8) is 0 Å². The third kappa shape index (κ3) is 5.45. The number of rotatable bonds is 6. The molecule has 0 radical (unpaired) electrons. The molecule has 0 spiro atoms. The predicted molar refractivity (Wildman–Crippen MR) is 66.1 cm³/mol. The van der Waals surface area contributed by atoms with Gasteiger partial charge in [0.15, 0.2) is 0 Å². The van der Waals surface area contributed by atoms with Gasteiger partial charge in [-0.15, -0.1) is 0 Å². The Morgan fingerprint density at radius 2 is 2.24 bits per heavy atom. The number of aliphatic hydroxyl groups is 1. The van der Waals surface area contributed by atoms with E-state index < -0.39 is 10.0 Å². The molecule has 5 nitrogen and oxygen atoms in total. The summed E-state index contributed by atoms with van der Waals surface area (Å²) < 4.78 is 25.7. The molecule has 96 valence electrons. The first-order chi connectivity index (χ1) is 7.93. The molecule has 0 bridgehead atoms. The number of halogens is 1. The Morgan fingerprint density at radius 3 is 2.76 bits per heavy atom. The van der Waals surface area contributed by atoms with Crippen LogP contribution in [0.2, 0.25) is 5.15 Å². The first-order valence-corrected chi connectivity index (χ1v) is 7.14. The number of hydrogen-bond donors (Lipinski definition) is 2. The van der Waals surface area contributed by atoms with Gasteiger partial charge in [0.25, 0.3) is 0 Å². The van der Waals surface area contributed by atoms with Crippen molar-refractivity contribution in [3.8, 4) is 0 Å². The summed E-state index contributed by atoms with van der Waals surface area (Å²) >= 11 is 5.60. The largest absolute Gasteiger partial charge is 0.396 e. The quantitative estimate of drug-likeness (QED) is 0.754. The van der Waals surface area contributed by atoms with Gasteiger partial charge in [-0.2, -0.15) is 0 Å². The Balaban J connectivity index is 2.57. The van der Waals surface area contributed by atoms with Gasteiger partial charge in [0, 0.05) is 19.3 Å². The molecule has 0 aromatic carbocycles. The van der Waals surface area contributed by atoms with Crippen molar-refractivity contribution in [1.29, 1.82) is 0 Å². The lowest BCUT2D eigenvalue weighted by molar-refractivity contribution is 0.238. The fourth-order valence-corrected chi connectivity index (χ4v) is 2.46. The lowest BCUT2D eigenvalue weighted by Gasteiger charge is -2.10. The molecule has 0 saturated carbocycles. The molecule has 1 heterocycles. The van der Waals surface area contributed by atoms with Gasteiger partial charge in [0.05, 0.1) is 5.75 Å². The van der Waals surface area contributed by atoms with Crippen molar-refractivity contribution in [2.45, 2.75) is 12.7 Å². The van der Waals surface area contributed by atoms with Gasteiger partial charge in [0.2, 0.25) is 10.0 Å². The highest BCUT2D eigenvalue weighted by atomic mass is 35.5. The van der Waals surface area contributed by atoms with Gasteiger partial charge < -0.3 is 5.11 Å². The molecule has 17 heavy (non-hydrogen) atoms. The molecule has 7 heteroatoms. The van der Waals surface area contributed by atoms with Crippen LogP contribution in [0.3, 0.4) is 0 Å². The molecule has 0 saturated heterocycles. The zero-order chi connectivity index (χ0) is 12.9. The van der Waals surface area contributed by atoms with E-state index in [1.807, 2.05) is 0 Å². The third-order valence-electron chi connectivity index (χ3n) is 2.11. The smallest absolute Gasteiger partial charge is 0.215 e. The molecule has 1 aromatic heterocycles. The van der Waals surface area contributed by atoms with Crippen molar-refractivity contribution >= 4 is 21.6 Å². The van der Waals surface area contributed by atoms with Crippen LogP contribution in [0, 0.1) is 5.92 Å². The molecule has 0 amide bonds. The highest BCUT2D eigenvalue weighted by molar-refractivity contribution is 7.88.